The lowest BCUT2D eigenvalue weighted by Gasteiger charge is -2.09. The topological polar surface area (TPSA) is 96.9 Å². The van der Waals surface area contributed by atoms with Crippen LogP contribution in [0.1, 0.15) is 13.8 Å². The Morgan fingerprint density at radius 2 is 2.06 bits per heavy atom. The molecule has 0 aliphatic heterocycles. The Bertz CT molecular complexity index is 427. The highest BCUT2D eigenvalue weighted by molar-refractivity contribution is 5.92. The van der Waals surface area contributed by atoms with Crippen molar-refractivity contribution in [3.63, 3.8) is 0 Å². The summed E-state index contributed by atoms with van der Waals surface area (Å²) < 4.78 is 5.24. The van der Waals surface area contributed by atoms with Gasteiger partial charge >= 0.3 is 0 Å². The number of oxime groups is 1. The van der Waals surface area contributed by atoms with Crippen LogP contribution in [0.4, 0.5) is 5.69 Å². The largest absolute Gasteiger partial charge is 0.486 e. The van der Waals surface area contributed by atoms with Crippen LogP contribution in [0.25, 0.3) is 0 Å². The van der Waals surface area contributed by atoms with Crippen LogP contribution in [0.3, 0.4) is 0 Å². The number of carbonyl (C=O) groups excluding carboxylic acids is 1. The Labute approximate surface area is 105 Å². The summed E-state index contributed by atoms with van der Waals surface area (Å²) in [6.07, 6.45) is 0. The van der Waals surface area contributed by atoms with Gasteiger partial charge < -0.3 is 21.0 Å². The smallest absolute Gasteiger partial charge is 0.226 e. The molecule has 0 heterocycles. The van der Waals surface area contributed by atoms with Crippen molar-refractivity contribution in [2.75, 3.05) is 11.9 Å². The minimum atomic E-state index is -0.0681. The molecular formula is C12H17N3O3. The summed E-state index contributed by atoms with van der Waals surface area (Å²) in [5.41, 5.74) is 5.97. The van der Waals surface area contributed by atoms with Gasteiger partial charge in [0.05, 0.1) is 0 Å². The fourth-order valence-corrected chi connectivity index (χ4v) is 1.11. The van der Waals surface area contributed by atoms with E-state index in [0.717, 1.165) is 0 Å². The third kappa shape index (κ3) is 4.32. The Morgan fingerprint density at radius 3 is 2.56 bits per heavy atom. The minimum absolute atomic E-state index is 0.00723. The predicted octanol–water partition coefficient (Wildman–Crippen LogP) is 1.41. The van der Waals surface area contributed by atoms with Crippen molar-refractivity contribution in [1.82, 2.24) is 0 Å². The number of amides is 1. The van der Waals surface area contributed by atoms with E-state index in [9.17, 15) is 4.79 Å². The molecule has 0 bridgehead atoms. The summed E-state index contributed by atoms with van der Waals surface area (Å²) in [5, 5.41) is 13.9. The molecule has 0 aliphatic rings. The number of benzene rings is 1. The van der Waals surface area contributed by atoms with Crippen LogP contribution in [0.2, 0.25) is 0 Å². The second-order valence-electron chi connectivity index (χ2n) is 4.05. The van der Waals surface area contributed by atoms with Crippen LogP contribution in [-0.2, 0) is 4.79 Å². The van der Waals surface area contributed by atoms with E-state index in [-0.39, 0.29) is 24.3 Å². The van der Waals surface area contributed by atoms with Crippen LogP contribution in [-0.4, -0.2) is 23.6 Å². The SMILES string of the molecule is CC(C)C(=O)Nc1ccc(OC/C(N)=N/O)cc1. The van der Waals surface area contributed by atoms with Gasteiger partial charge in [0.1, 0.15) is 12.4 Å². The first kappa shape index (κ1) is 13.8. The van der Waals surface area contributed by atoms with Crippen LogP contribution in [0, 0.1) is 5.92 Å². The maximum atomic E-state index is 11.4. The number of ether oxygens (including phenoxy) is 1. The van der Waals surface area contributed by atoms with E-state index < -0.39 is 0 Å². The fourth-order valence-electron chi connectivity index (χ4n) is 1.11. The summed E-state index contributed by atoms with van der Waals surface area (Å²) in [6, 6.07) is 6.84. The minimum Gasteiger partial charge on any atom is -0.486 e. The van der Waals surface area contributed by atoms with Crippen molar-refractivity contribution in [1.29, 1.82) is 0 Å². The molecule has 0 unspecified atom stereocenters. The molecule has 0 fully saturated rings. The van der Waals surface area contributed by atoms with Gasteiger partial charge in [0.25, 0.3) is 0 Å². The second kappa shape index (κ2) is 6.48. The maximum Gasteiger partial charge on any atom is 0.226 e. The molecule has 1 amide bonds. The zero-order valence-electron chi connectivity index (χ0n) is 10.4. The van der Waals surface area contributed by atoms with Crippen molar-refractivity contribution in [2.24, 2.45) is 16.8 Å². The molecule has 0 radical (unpaired) electrons. The highest BCUT2D eigenvalue weighted by Crippen LogP contribution is 2.16. The first-order valence-corrected chi connectivity index (χ1v) is 5.53. The Kier molecular flexibility index (Phi) is 4.98. The van der Waals surface area contributed by atoms with Gasteiger partial charge in [-0.2, -0.15) is 0 Å². The molecule has 0 atom stereocenters. The number of hydrogen-bond acceptors (Lipinski definition) is 4. The van der Waals surface area contributed by atoms with Gasteiger partial charge in [-0.1, -0.05) is 19.0 Å². The van der Waals surface area contributed by atoms with E-state index in [2.05, 4.69) is 10.5 Å². The number of nitrogens with two attached hydrogens (primary N) is 1. The van der Waals surface area contributed by atoms with Gasteiger partial charge in [0, 0.05) is 11.6 Å². The van der Waals surface area contributed by atoms with Gasteiger partial charge in [0.15, 0.2) is 5.84 Å². The van der Waals surface area contributed by atoms with Gasteiger partial charge in [-0.25, -0.2) is 0 Å². The second-order valence-corrected chi connectivity index (χ2v) is 4.05. The molecular weight excluding hydrogens is 234 g/mol. The van der Waals surface area contributed by atoms with E-state index >= 15 is 0 Å². The number of amidine groups is 1. The Balaban J connectivity index is 2.55. The van der Waals surface area contributed by atoms with Crippen molar-refractivity contribution >= 4 is 17.4 Å². The Hall–Kier alpha value is -2.24. The van der Waals surface area contributed by atoms with Crippen molar-refractivity contribution in [2.45, 2.75) is 13.8 Å². The van der Waals surface area contributed by atoms with E-state index in [1.165, 1.54) is 0 Å². The van der Waals surface area contributed by atoms with Gasteiger partial charge in [-0.15, -0.1) is 0 Å². The summed E-state index contributed by atoms with van der Waals surface area (Å²) in [7, 11) is 0. The highest BCUT2D eigenvalue weighted by Gasteiger charge is 2.06. The van der Waals surface area contributed by atoms with E-state index in [1.54, 1.807) is 24.3 Å². The van der Waals surface area contributed by atoms with E-state index in [0.29, 0.717) is 11.4 Å². The van der Waals surface area contributed by atoms with Gasteiger partial charge in [-0.05, 0) is 24.3 Å². The average molecular weight is 251 g/mol. The molecule has 0 aliphatic carbocycles. The molecule has 0 saturated carbocycles. The molecule has 0 aromatic heterocycles. The average Bonchev–Trinajstić information content (AvgIpc) is 2.37. The molecule has 0 saturated heterocycles. The lowest BCUT2D eigenvalue weighted by atomic mass is 10.2. The van der Waals surface area contributed by atoms with Crippen LogP contribution in [0.5, 0.6) is 5.75 Å². The quantitative estimate of drug-likeness (QED) is 0.319. The molecule has 18 heavy (non-hydrogen) atoms. The lowest BCUT2D eigenvalue weighted by Crippen LogP contribution is -2.20. The molecule has 1 aromatic carbocycles. The third-order valence-corrected chi connectivity index (χ3v) is 2.16. The normalized spacial score (nSPS) is 11.4. The van der Waals surface area contributed by atoms with Crippen LogP contribution in [0.15, 0.2) is 29.4 Å². The number of anilines is 1. The maximum absolute atomic E-state index is 11.4. The number of nitrogens with zero attached hydrogens (tertiary/aromatic N) is 1. The lowest BCUT2D eigenvalue weighted by molar-refractivity contribution is -0.118. The first-order valence-electron chi connectivity index (χ1n) is 5.53. The molecule has 1 aromatic rings. The van der Waals surface area contributed by atoms with Gasteiger partial charge in [-0.3, -0.25) is 4.79 Å². The fraction of sp³-hybridized carbons (Fsp3) is 0.333. The number of carbonyl (C=O) groups is 1. The molecule has 98 valence electrons. The number of hydrogen-bond donors (Lipinski definition) is 3. The molecule has 0 spiro atoms. The predicted molar refractivity (Wildman–Crippen MR) is 68.8 cm³/mol. The monoisotopic (exact) mass is 251 g/mol. The zero-order valence-corrected chi connectivity index (χ0v) is 10.4. The van der Waals surface area contributed by atoms with Crippen molar-refractivity contribution in [3.05, 3.63) is 24.3 Å². The first-order chi connectivity index (χ1) is 8.52. The summed E-state index contributed by atoms with van der Waals surface area (Å²) >= 11 is 0. The summed E-state index contributed by atoms with van der Waals surface area (Å²) in [5.74, 6) is 0.457. The van der Waals surface area contributed by atoms with Crippen LogP contribution >= 0.6 is 0 Å². The summed E-state index contributed by atoms with van der Waals surface area (Å²) in [6.45, 7) is 3.65. The standard InChI is InChI=1S/C12H17N3O3/c1-8(2)12(16)14-9-3-5-10(6-4-9)18-7-11(13)15-17/h3-6,8,17H,7H2,1-2H3,(H2,13,15)(H,14,16). The molecule has 1 rings (SSSR count). The zero-order chi connectivity index (χ0) is 13.5. The van der Waals surface area contributed by atoms with Crippen molar-refractivity contribution in [3.8, 4) is 5.75 Å². The molecule has 6 heteroatoms. The molecule has 6 nitrogen and oxygen atoms in total. The van der Waals surface area contributed by atoms with E-state index in [4.69, 9.17) is 15.7 Å². The van der Waals surface area contributed by atoms with E-state index in [1.807, 2.05) is 13.8 Å². The van der Waals surface area contributed by atoms with Crippen molar-refractivity contribution < 1.29 is 14.7 Å². The molecule has 4 N–H and O–H groups in total. The third-order valence-electron chi connectivity index (χ3n) is 2.16. The highest BCUT2D eigenvalue weighted by atomic mass is 16.5. The van der Waals surface area contributed by atoms with Gasteiger partial charge in [0.2, 0.25) is 5.91 Å². The van der Waals surface area contributed by atoms with Crippen LogP contribution < -0.4 is 15.8 Å². The number of nitrogens with one attached hydrogen (secondary N) is 1. The summed E-state index contributed by atoms with van der Waals surface area (Å²) in [4.78, 5) is 11.4. The number of rotatable bonds is 5. The Morgan fingerprint density at radius 1 is 1.44 bits per heavy atom.